The number of nitrogens with one attached hydrogen (secondary N) is 1. The zero-order valence-corrected chi connectivity index (χ0v) is 16.7. The van der Waals surface area contributed by atoms with Crippen LogP contribution in [0.2, 0.25) is 0 Å². The lowest BCUT2D eigenvalue weighted by molar-refractivity contribution is -0.138. The van der Waals surface area contributed by atoms with Crippen LogP contribution in [0.25, 0.3) is 5.70 Å². The highest BCUT2D eigenvalue weighted by atomic mass is 16.5. The van der Waals surface area contributed by atoms with Crippen molar-refractivity contribution in [3.8, 4) is 0 Å². The van der Waals surface area contributed by atoms with E-state index in [-0.39, 0.29) is 5.97 Å². The van der Waals surface area contributed by atoms with Gasteiger partial charge in [-0.2, -0.15) is 10.1 Å². The minimum absolute atomic E-state index is 0.293. The van der Waals surface area contributed by atoms with Crippen molar-refractivity contribution in [2.45, 2.75) is 13.0 Å². The molecule has 1 atom stereocenters. The summed E-state index contributed by atoms with van der Waals surface area (Å²) < 4.78 is 7.16. The third-order valence-electron chi connectivity index (χ3n) is 4.88. The SMILES string of the molecule is CCOC(=O)C1=C(c2ccccc2)Nc2ncnn2C1c1ccc(N(C)C)cc1. The van der Waals surface area contributed by atoms with Crippen molar-refractivity contribution in [3.63, 3.8) is 0 Å². The number of hydrogen-bond acceptors (Lipinski definition) is 6. The number of aromatic nitrogens is 3. The smallest absolute Gasteiger partial charge is 0.338 e. The average Bonchev–Trinajstić information content (AvgIpc) is 3.21. The first-order valence-electron chi connectivity index (χ1n) is 9.50. The van der Waals surface area contributed by atoms with Crippen LogP contribution in [0, 0.1) is 0 Å². The average molecular weight is 389 g/mol. The molecule has 1 aliphatic rings. The second-order valence-electron chi connectivity index (χ2n) is 6.92. The van der Waals surface area contributed by atoms with E-state index in [1.54, 1.807) is 11.6 Å². The van der Waals surface area contributed by atoms with Crippen LogP contribution in [-0.2, 0) is 9.53 Å². The van der Waals surface area contributed by atoms with Crippen LogP contribution in [0.15, 0.2) is 66.5 Å². The summed E-state index contributed by atoms with van der Waals surface area (Å²) in [4.78, 5) is 19.5. The number of rotatable bonds is 5. The molecule has 0 radical (unpaired) electrons. The standard InChI is InChI=1S/C22H23N5O2/c1-4-29-21(28)18-19(15-8-6-5-7-9-15)25-22-23-14-24-27(22)20(18)16-10-12-17(13-11-16)26(2)3/h5-14,20H,4H2,1-3H3,(H,23,24,25). The number of benzene rings is 2. The fraction of sp³-hybridized carbons (Fsp3) is 0.227. The quantitative estimate of drug-likeness (QED) is 0.675. The summed E-state index contributed by atoms with van der Waals surface area (Å²) in [5.74, 6) is 0.209. The molecule has 2 aromatic carbocycles. The molecule has 0 bridgehead atoms. The van der Waals surface area contributed by atoms with Crippen LogP contribution in [0.3, 0.4) is 0 Å². The largest absolute Gasteiger partial charge is 0.463 e. The first-order chi connectivity index (χ1) is 14.1. The normalized spacial score (nSPS) is 15.5. The highest BCUT2D eigenvalue weighted by Crippen LogP contribution is 2.39. The van der Waals surface area contributed by atoms with Gasteiger partial charge in [0.25, 0.3) is 0 Å². The van der Waals surface area contributed by atoms with Gasteiger partial charge in [0.1, 0.15) is 12.4 Å². The van der Waals surface area contributed by atoms with E-state index in [0.29, 0.717) is 23.8 Å². The Balaban J connectivity index is 1.91. The Morgan fingerprint density at radius 2 is 1.86 bits per heavy atom. The van der Waals surface area contributed by atoms with Crippen LogP contribution in [-0.4, -0.2) is 41.4 Å². The summed E-state index contributed by atoms with van der Waals surface area (Å²) in [6, 6.07) is 17.4. The number of hydrogen-bond donors (Lipinski definition) is 1. The zero-order chi connectivity index (χ0) is 20.4. The molecule has 2 heterocycles. The number of nitrogens with zero attached hydrogens (tertiary/aromatic N) is 4. The second kappa shape index (κ2) is 7.79. The van der Waals surface area contributed by atoms with Gasteiger partial charge >= 0.3 is 5.97 Å². The van der Waals surface area contributed by atoms with Crippen molar-refractivity contribution in [1.82, 2.24) is 14.8 Å². The monoisotopic (exact) mass is 389 g/mol. The van der Waals surface area contributed by atoms with Gasteiger partial charge in [-0.1, -0.05) is 42.5 Å². The van der Waals surface area contributed by atoms with E-state index in [1.807, 2.05) is 73.6 Å². The molecule has 29 heavy (non-hydrogen) atoms. The van der Waals surface area contributed by atoms with E-state index in [4.69, 9.17) is 4.74 Å². The van der Waals surface area contributed by atoms with Gasteiger partial charge in [0, 0.05) is 19.8 Å². The maximum atomic E-state index is 13.1. The van der Waals surface area contributed by atoms with Gasteiger partial charge < -0.3 is 15.0 Å². The van der Waals surface area contributed by atoms with Gasteiger partial charge in [-0.25, -0.2) is 9.48 Å². The van der Waals surface area contributed by atoms with Crippen molar-refractivity contribution in [2.75, 3.05) is 30.9 Å². The summed E-state index contributed by atoms with van der Waals surface area (Å²) in [6.07, 6.45) is 1.49. The van der Waals surface area contributed by atoms with Crippen molar-refractivity contribution in [2.24, 2.45) is 0 Å². The highest BCUT2D eigenvalue weighted by molar-refractivity contribution is 6.02. The summed E-state index contributed by atoms with van der Waals surface area (Å²) in [7, 11) is 3.99. The van der Waals surface area contributed by atoms with E-state index < -0.39 is 6.04 Å². The van der Waals surface area contributed by atoms with Gasteiger partial charge in [0.2, 0.25) is 5.95 Å². The van der Waals surface area contributed by atoms with Gasteiger partial charge in [0.05, 0.1) is 17.9 Å². The predicted octanol–water partition coefficient (Wildman–Crippen LogP) is 3.33. The summed E-state index contributed by atoms with van der Waals surface area (Å²) in [6.45, 7) is 2.10. The third-order valence-corrected chi connectivity index (χ3v) is 4.88. The number of esters is 1. The Kier molecular flexibility index (Phi) is 5.03. The maximum Gasteiger partial charge on any atom is 0.338 e. The molecule has 148 valence electrons. The first kappa shape index (κ1) is 18.7. The van der Waals surface area contributed by atoms with E-state index in [9.17, 15) is 4.79 Å². The minimum atomic E-state index is -0.445. The van der Waals surface area contributed by atoms with Crippen LogP contribution in [0.4, 0.5) is 11.6 Å². The summed E-state index contributed by atoms with van der Waals surface area (Å²) in [5, 5.41) is 7.66. The highest BCUT2D eigenvalue weighted by Gasteiger charge is 2.36. The minimum Gasteiger partial charge on any atom is -0.463 e. The maximum absolute atomic E-state index is 13.1. The fourth-order valence-electron chi connectivity index (χ4n) is 3.48. The Hall–Kier alpha value is -3.61. The van der Waals surface area contributed by atoms with Crippen LogP contribution in [0.1, 0.15) is 24.1 Å². The Labute approximate surface area is 169 Å². The second-order valence-corrected chi connectivity index (χ2v) is 6.92. The molecule has 0 amide bonds. The van der Waals surface area contributed by atoms with Crippen molar-refractivity contribution < 1.29 is 9.53 Å². The Morgan fingerprint density at radius 3 is 2.52 bits per heavy atom. The molecular formula is C22H23N5O2. The van der Waals surface area contributed by atoms with Crippen molar-refractivity contribution in [1.29, 1.82) is 0 Å². The van der Waals surface area contributed by atoms with E-state index >= 15 is 0 Å². The number of anilines is 2. The Bertz CT molecular complexity index is 1040. The fourth-order valence-corrected chi connectivity index (χ4v) is 3.48. The molecule has 0 aliphatic carbocycles. The third kappa shape index (κ3) is 3.47. The molecule has 0 spiro atoms. The first-order valence-corrected chi connectivity index (χ1v) is 9.50. The molecule has 0 fully saturated rings. The van der Waals surface area contributed by atoms with E-state index in [2.05, 4.69) is 15.4 Å². The van der Waals surface area contributed by atoms with Gasteiger partial charge in [-0.15, -0.1) is 0 Å². The van der Waals surface area contributed by atoms with Gasteiger partial charge in [-0.3, -0.25) is 0 Å². The molecule has 1 aromatic heterocycles. The molecule has 7 nitrogen and oxygen atoms in total. The molecule has 0 saturated carbocycles. The van der Waals surface area contributed by atoms with Crippen LogP contribution < -0.4 is 10.2 Å². The summed E-state index contributed by atoms with van der Waals surface area (Å²) in [5.41, 5.74) is 4.09. The van der Waals surface area contributed by atoms with Crippen LogP contribution in [0.5, 0.6) is 0 Å². The molecule has 3 aromatic rings. The lowest BCUT2D eigenvalue weighted by atomic mass is 9.92. The lowest BCUT2D eigenvalue weighted by Gasteiger charge is -2.29. The van der Waals surface area contributed by atoms with Crippen LogP contribution >= 0.6 is 0 Å². The van der Waals surface area contributed by atoms with E-state index in [1.165, 1.54) is 6.33 Å². The molecule has 1 aliphatic heterocycles. The predicted molar refractivity (Wildman–Crippen MR) is 113 cm³/mol. The topological polar surface area (TPSA) is 72.3 Å². The summed E-state index contributed by atoms with van der Waals surface area (Å²) >= 11 is 0. The number of fused-ring (bicyclic) bond motifs is 1. The van der Waals surface area contributed by atoms with E-state index in [0.717, 1.165) is 16.8 Å². The van der Waals surface area contributed by atoms with Crippen molar-refractivity contribution in [3.05, 3.63) is 77.6 Å². The van der Waals surface area contributed by atoms with Gasteiger partial charge in [0.15, 0.2) is 0 Å². The molecule has 0 saturated heterocycles. The molecule has 1 unspecified atom stereocenters. The lowest BCUT2D eigenvalue weighted by Crippen LogP contribution is -2.30. The van der Waals surface area contributed by atoms with Gasteiger partial charge in [-0.05, 0) is 30.2 Å². The number of carbonyl (C=O) groups excluding carboxylic acids is 1. The molecular weight excluding hydrogens is 366 g/mol. The van der Waals surface area contributed by atoms with Crippen molar-refractivity contribution >= 4 is 23.3 Å². The Morgan fingerprint density at radius 1 is 1.14 bits per heavy atom. The molecule has 1 N–H and O–H groups in total. The number of ether oxygens (including phenoxy) is 1. The molecule has 7 heteroatoms. The zero-order valence-electron chi connectivity index (χ0n) is 16.7. The number of carbonyl (C=O) groups is 1. The molecule has 4 rings (SSSR count).